The molecule has 0 atom stereocenters. The van der Waals surface area contributed by atoms with Crippen LogP contribution in [0.15, 0.2) is 46.6 Å². The van der Waals surface area contributed by atoms with Crippen molar-refractivity contribution < 1.29 is 9.53 Å². The van der Waals surface area contributed by atoms with Crippen LogP contribution in [-0.4, -0.2) is 17.4 Å². The number of aromatic nitrogens is 1. The molecule has 0 radical (unpaired) electrons. The number of rotatable bonds is 2. The van der Waals surface area contributed by atoms with Gasteiger partial charge in [-0.25, -0.2) is 4.98 Å². The molecule has 96 valence electrons. The second kappa shape index (κ2) is 5.13. The molecule has 0 unspecified atom stereocenters. The first-order valence-electron chi connectivity index (χ1n) is 6.16. The number of benzene rings is 1. The Morgan fingerprint density at radius 3 is 2.95 bits per heavy atom. The predicted octanol–water partition coefficient (Wildman–Crippen LogP) is 3.87. The Kier molecular flexibility index (Phi) is 3.34. The van der Waals surface area contributed by atoms with Crippen molar-refractivity contribution in [2.45, 2.75) is 12.8 Å². The number of pyridine rings is 1. The Hall–Kier alpha value is -1.68. The molecule has 0 bridgehead atoms. The molecule has 1 aliphatic heterocycles. The van der Waals surface area contributed by atoms with E-state index in [0.29, 0.717) is 17.9 Å². The van der Waals surface area contributed by atoms with Gasteiger partial charge in [-0.05, 0) is 40.9 Å². The second-order valence-electron chi connectivity index (χ2n) is 4.46. The Bertz CT molecular complexity index is 679. The zero-order valence-corrected chi connectivity index (χ0v) is 11.8. The van der Waals surface area contributed by atoms with Crippen molar-refractivity contribution in [3.8, 4) is 0 Å². The highest BCUT2D eigenvalue weighted by Crippen LogP contribution is 2.25. The zero-order valence-electron chi connectivity index (χ0n) is 10.2. The van der Waals surface area contributed by atoms with Crippen LogP contribution in [0.25, 0.3) is 10.9 Å². The summed E-state index contributed by atoms with van der Waals surface area (Å²) in [4.78, 5) is 16.9. The minimum Gasteiger partial charge on any atom is -0.501 e. The highest BCUT2D eigenvalue weighted by Gasteiger charge is 2.19. The summed E-state index contributed by atoms with van der Waals surface area (Å²) in [5.41, 5.74) is 1.97. The Morgan fingerprint density at radius 2 is 2.16 bits per heavy atom. The standard InChI is InChI=1S/C15H12BrNO2/c16-12-8-10-4-1-2-6-13(10)17-14(12)15(18)11-5-3-7-19-9-11/h1-2,4,6,8-9H,3,5,7H2. The highest BCUT2D eigenvalue weighted by atomic mass is 79.9. The van der Waals surface area contributed by atoms with Crippen LogP contribution in [0.4, 0.5) is 0 Å². The maximum atomic E-state index is 12.4. The van der Waals surface area contributed by atoms with E-state index in [2.05, 4.69) is 20.9 Å². The van der Waals surface area contributed by atoms with E-state index in [0.717, 1.165) is 28.2 Å². The quantitative estimate of drug-likeness (QED) is 0.789. The lowest BCUT2D eigenvalue weighted by atomic mass is 10.0. The average Bonchev–Trinajstić information content (AvgIpc) is 2.47. The average molecular weight is 318 g/mol. The van der Waals surface area contributed by atoms with Crippen LogP contribution < -0.4 is 0 Å². The van der Waals surface area contributed by atoms with Crippen LogP contribution in [0.5, 0.6) is 0 Å². The summed E-state index contributed by atoms with van der Waals surface area (Å²) >= 11 is 3.43. The summed E-state index contributed by atoms with van der Waals surface area (Å²) < 4.78 is 5.95. The minimum absolute atomic E-state index is 0.0580. The van der Waals surface area contributed by atoms with E-state index in [9.17, 15) is 4.79 Å². The molecule has 0 fully saturated rings. The number of nitrogens with zero attached hydrogens (tertiary/aromatic N) is 1. The Labute approximate surface area is 119 Å². The largest absolute Gasteiger partial charge is 0.501 e. The summed E-state index contributed by atoms with van der Waals surface area (Å²) in [5.74, 6) is -0.0580. The van der Waals surface area contributed by atoms with Gasteiger partial charge in [0.2, 0.25) is 5.78 Å². The topological polar surface area (TPSA) is 39.2 Å². The molecule has 0 aliphatic carbocycles. The van der Waals surface area contributed by atoms with Crippen molar-refractivity contribution in [2.24, 2.45) is 0 Å². The minimum atomic E-state index is -0.0580. The van der Waals surface area contributed by atoms with Gasteiger partial charge in [-0.3, -0.25) is 4.79 Å². The normalized spacial score (nSPS) is 14.9. The lowest BCUT2D eigenvalue weighted by Gasteiger charge is -2.13. The SMILES string of the molecule is O=C(C1=COCCC1)c1nc2ccccc2cc1Br. The summed E-state index contributed by atoms with van der Waals surface area (Å²) in [6.45, 7) is 0.684. The highest BCUT2D eigenvalue weighted by molar-refractivity contribution is 9.10. The monoisotopic (exact) mass is 317 g/mol. The molecule has 4 heteroatoms. The fourth-order valence-electron chi connectivity index (χ4n) is 2.13. The van der Waals surface area contributed by atoms with Crippen LogP contribution in [0, 0.1) is 0 Å². The first kappa shape index (κ1) is 12.4. The van der Waals surface area contributed by atoms with E-state index in [-0.39, 0.29) is 5.78 Å². The summed E-state index contributed by atoms with van der Waals surface area (Å²) in [6.07, 6.45) is 3.19. The number of ether oxygens (including phenoxy) is 1. The number of para-hydroxylation sites is 1. The fraction of sp³-hybridized carbons (Fsp3) is 0.200. The van der Waals surface area contributed by atoms with Crippen molar-refractivity contribution in [3.05, 3.63) is 52.3 Å². The second-order valence-corrected chi connectivity index (χ2v) is 5.31. The maximum absolute atomic E-state index is 12.4. The summed E-state index contributed by atoms with van der Waals surface area (Å²) in [7, 11) is 0. The molecule has 3 rings (SSSR count). The van der Waals surface area contributed by atoms with E-state index in [1.54, 1.807) is 6.26 Å². The van der Waals surface area contributed by atoms with Gasteiger partial charge < -0.3 is 4.74 Å². The molecule has 1 aromatic heterocycles. The number of halogens is 1. The van der Waals surface area contributed by atoms with Crippen molar-refractivity contribution in [3.63, 3.8) is 0 Å². The molecular formula is C15H12BrNO2. The molecule has 19 heavy (non-hydrogen) atoms. The third-order valence-corrected chi connectivity index (χ3v) is 3.72. The summed E-state index contributed by atoms with van der Waals surface area (Å²) in [6, 6.07) is 9.68. The van der Waals surface area contributed by atoms with Crippen LogP contribution in [0.3, 0.4) is 0 Å². The van der Waals surface area contributed by atoms with Gasteiger partial charge in [-0.1, -0.05) is 18.2 Å². The third-order valence-electron chi connectivity index (χ3n) is 3.12. The van der Waals surface area contributed by atoms with Crippen molar-refractivity contribution in [2.75, 3.05) is 6.61 Å². The number of allylic oxidation sites excluding steroid dienone is 1. The van der Waals surface area contributed by atoms with Gasteiger partial charge in [0, 0.05) is 15.4 Å². The van der Waals surface area contributed by atoms with E-state index < -0.39 is 0 Å². The van der Waals surface area contributed by atoms with E-state index in [1.165, 1.54) is 0 Å². The number of carbonyl (C=O) groups excluding carboxylic acids is 1. The Morgan fingerprint density at radius 1 is 1.32 bits per heavy atom. The van der Waals surface area contributed by atoms with Crippen LogP contribution >= 0.6 is 15.9 Å². The molecule has 0 N–H and O–H groups in total. The number of hydrogen-bond donors (Lipinski definition) is 0. The van der Waals surface area contributed by atoms with Gasteiger partial charge in [-0.15, -0.1) is 0 Å². The van der Waals surface area contributed by atoms with Crippen molar-refractivity contribution >= 4 is 32.6 Å². The first-order chi connectivity index (χ1) is 9.25. The lowest BCUT2D eigenvalue weighted by molar-refractivity contribution is 0.100. The lowest BCUT2D eigenvalue weighted by Crippen LogP contribution is -2.11. The smallest absolute Gasteiger partial charge is 0.211 e. The van der Waals surface area contributed by atoms with E-state index in [1.807, 2.05) is 30.3 Å². The molecular weight excluding hydrogens is 306 g/mol. The first-order valence-corrected chi connectivity index (χ1v) is 6.95. The molecule has 2 aromatic rings. The summed E-state index contributed by atoms with van der Waals surface area (Å²) in [5, 5.41) is 1.01. The van der Waals surface area contributed by atoms with Gasteiger partial charge >= 0.3 is 0 Å². The molecule has 1 aliphatic rings. The number of fused-ring (bicyclic) bond motifs is 1. The van der Waals surface area contributed by atoms with Crippen molar-refractivity contribution in [1.82, 2.24) is 4.98 Å². The van der Waals surface area contributed by atoms with Gasteiger partial charge in [0.05, 0.1) is 18.4 Å². The maximum Gasteiger partial charge on any atom is 0.211 e. The molecule has 0 saturated carbocycles. The molecule has 0 spiro atoms. The van der Waals surface area contributed by atoms with Gasteiger partial charge in [0.1, 0.15) is 5.69 Å². The number of carbonyl (C=O) groups is 1. The van der Waals surface area contributed by atoms with Gasteiger partial charge in [0.15, 0.2) is 0 Å². The van der Waals surface area contributed by atoms with E-state index in [4.69, 9.17) is 4.74 Å². The molecule has 1 aromatic carbocycles. The zero-order chi connectivity index (χ0) is 13.2. The van der Waals surface area contributed by atoms with Crippen molar-refractivity contribution in [1.29, 1.82) is 0 Å². The number of hydrogen-bond acceptors (Lipinski definition) is 3. The number of ketones is 1. The van der Waals surface area contributed by atoms with Crippen LogP contribution in [0.1, 0.15) is 23.3 Å². The van der Waals surface area contributed by atoms with Gasteiger partial charge in [0.25, 0.3) is 0 Å². The molecule has 0 amide bonds. The molecule has 2 heterocycles. The fourth-order valence-corrected chi connectivity index (χ4v) is 2.65. The molecule has 3 nitrogen and oxygen atoms in total. The van der Waals surface area contributed by atoms with E-state index >= 15 is 0 Å². The number of Topliss-reactive ketones (excluding diaryl/α,β-unsaturated/α-hetero) is 1. The molecule has 0 saturated heterocycles. The van der Waals surface area contributed by atoms with Crippen LogP contribution in [-0.2, 0) is 4.74 Å². The Balaban J connectivity index is 2.06. The van der Waals surface area contributed by atoms with Crippen LogP contribution in [0.2, 0.25) is 0 Å². The van der Waals surface area contributed by atoms with Gasteiger partial charge in [-0.2, -0.15) is 0 Å². The predicted molar refractivity (Wildman–Crippen MR) is 77.0 cm³/mol. The third kappa shape index (κ3) is 2.40.